The Morgan fingerprint density at radius 2 is 1.84 bits per heavy atom. The molecule has 6 heteroatoms. The van der Waals surface area contributed by atoms with E-state index >= 15 is 0 Å². The first-order valence-corrected chi connectivity index (χ1v) is 8.16. The molecule has 1 N–H and O–H groups in total. The number of carboxylic acids is 1. The van der Waals surface area contributed by atoms with E-state index in [1.165, 1.54) is 12.1 Å². The zero-order valence-electron chi connectivity index (χ0n) is 13.9. The molecule has 0 saturated heterocycles. The van der Waals surface area contributed by atoms with Crippen molar-refractivity contribution in [1.29, 1.82) is 0 Å². The van der Waals surface area contributed by atoms with E-state index in [1.807, 2.05) is 13.8 Å². The molecule has 0 aliphatic carbocycles. The molecule has 2 aromatic rings. The van der Waals surface area contributed by atoms with Crippen molar-refractivity contribution in [2.75, 3.05) is 0 Å². The molecule has 0 radical (unpaired) electrons. The molecule has 3 nitrogen and oxygen atoms in total. The standard InChI is InChI=1S/C19H19ClF2O3/c1-12(2)19(17(23)24,14-6-8-15(20)9-7-14)11-13-4-3-5-16(10-13)25-18(21)22/h3-10,12,18H,11H2,1-2H3,(H,23,24). The Balaban J connectivity index is 2.47. The Hall–Kier alpha value is -2.14. The van der Waals surface area contributed by atoms with E-state index in [0.717, 1.165) is 0 Å². The van der Waals surface area contributed by atoms with Crippen LogP contribution in [-0.4, -0.2) is 17.7 Å². The quantitative estimate of drug-likeness (QED) is 0.734. The molecular weight excluding hydrogens is 350 g/mol. The lowest BCUT2D eigenvalue weighted by Gasteiger charge is -2.34. The van der Waals surface area contributed by atoms with Gasteiger partial charge >= 0.3 is 12.6 Å². The third-order valence-corrected chi connectivity index (χ3v) is 4.59. The normalized spacial score (nSPS) is 13.7. The highest BCUT2D eigenvalue weighted by Crippen LogP contribution is 2.37. The Labute approximate surface area is 150 Å². The van der Waals surface area contributed by atoms with Gasteiger partial charge < -0.3 is 9.84 Å². The minimum atomic E-state index is -2.93. The van der Waals surface area contributed by atoms with Gasteiger partial charge in [0.15, 0.2) is 0 Å². The Kier molecular flexibility index (Phi) is 6.01. The Morgan fingerprint density at radius 3 is 2.36 bits per heavy atom. The number of hydrogen-bond donors (Lipinski definition) is 1. The van der Waals surface area contributed by atoms with Crippen molar-refractivity contribution in [2.45, 2.75) is 32.3 Å². The fraction of sp³-hybridized carbons (Fsp3) is 0.316. The SMILES string of the molecule is CC(C)C(Cc1cccc(OC(F)F)c1)(C(=O)O)c1ccc(Cl)cc1. The second-order valence-corrected chi connectivity index (χ2v) is 6.58. The highest BCUT2D eigenvalue weighted by Gasteiger charge is 2.43. The van der Waals surface area contributed by atoms with Gasteiger partial charge in [0.25, 0.3) is 0 Å². The summed E-state index contributed by atoms with van der Waals surface area (Å²) < 4.78 is 29.3. The summed E-state index contributed by atoms with van der Waals surface area (Å²) in [6.45, 7) is 0.714. The summed E-state index contributed by atoms with van der Waals surface area (Å²) in [4.78, 5) is 12.2. The van der Waals surface area contributed by atoms with Gasteiger partial charge in [0, 0.05) is 5.02 Å². The highest BCUT2D eigenvalue weighted by molar-refractivity contribution is 6.30. The molecule has 2 rings (SSSR count). The van der Waals surface area contributed by atoms with Crippen molar-refractivity contribution in [2.24, 2.45) is 5.92 Å². The van der Waals surface area contributed by atoms with Crippen LogP contribution in [0.4, 0.5) is 8.78 Å². The molecular formula is C19H19ClF2O3. The van der Waals surface area contributed by atoms with Crippen LogP contribution in [-0.2, 0) is 16.6 Å². The number of hydrogen-bond acceptors (Lipinski definition) is 2. The third kappa shape index (κ3) is 4.28. The zero-order valence-corrected chi connectivity index (χ0v) is 14.6. The van der Waals surface area contributed by atoms with Crippen molar-refractivity contribution in [3.8, 4) is 5.75 Å². The molecule has 25 heavy (non-hydrogen) atoms. The van der Waals surface area contributed by atoms with Gasteiger partial charge in [-0.15, -0.1) is 0 Å². The van der Waals surface area contributed by atoms with Crippen LogP contribution in [0.25, 0.3) is 0 Å². The average molecular weight is 369 g/mol. The van der Waals surface area contributed by atoms with Crippen LogP contribution in [0.15, 0.2) is 48.5 Å². The number of alkyl halides is 2. The summed E-state index contributed by atoms with van der Waals surface area (Å²) in [6, 6.07) is 12.8. The fourth-order valence-corrected chi connectivity index (χ4v) is 3.11. The molecule has 0 spiro atoms. The molecule has 0 aliphatic rings. The number of benzene rings is 2. The predicted octanol–water partition coefficient (Wildman–Crippen LogP) is 5.16. The summed E-state index contributed by atoms with van der Waals surface area (Å²) >= 11 is 5.92. The lowest BCUT2D eigenvalue weighted by molar-refractivity contribution is -0.145. The molecule has 2 aromatic carbocycles. The molecule has 0 aliphatic heterocycles. The lowest BCUT2D eigenvalue weighted by Crippen LogP contribution is -2.43. The van der Waals surface area contributed by atoms with Gasteiger partial charge in [-0.05, 0) is 47.7 Å². The molecule has 0 amide bonds. The first kappa shape index (κ1) is 19.2. The second kappa shape index (κ2) is 7.83. The topological polar surface area (TPSA) is 46.5 Å². The first-order valence-electron chi connectivity index (χ1n) is 7.79. The van der Waals surface area contributed by atoms with Gasteiger partial charge in [0.1, 0.15) is 5.75 Å². The van der Waals surface area contributed by atoms with E-state index in [4.69, 9.17) is 11.6 Å². The van der Waals surface area contributed by atoms with E-state index in [9.17, 15) is 18.7 Å². The van der Waals surface area contributed by atoms with Crippen molar-refractivity contribution >= 4 is 17.6 Å². The largest absolute Gasteiger partial charge is 0.481 e. The van der Waals surface area contributed by atoms with Crippen LogP contribution in [0.5, 0.6) is 5.75 Å². The summed E-state index contributed by atoms with van der Waals surface area (Å²) in [5.41, 5.74) is -0.00241. The van der Waals surface area contributed by atoms with Gasteiger partial charge in [-0.25, -0.2) is 0 Å². The molecule has 1 atom stereocenters. The van der Waals surface area contributed by atoms with E-state index in [2.05, 4.69) is 4.74 Å². The molecule has 0 saturated carbocycles. The average Bonchev–Trinajstić information content (AvgIpc) is 2.52. The van der Waals surface area contributed by atoms with E-state index in [-0.39, 0.29) is 18.1 Å². The van der Waals surface area contributed by atoms with E-state index in [0.29, 0.717) is 16.1 Å². The van der Waals surface area contributed by atoms with Crippen molar-refractivity contribution < 1.29 is 23.4 Å². The molecule has 0 heterocycles. The number of ether oxygens (including phenoxy) is 1. The summed E-state index contributed by atoms with van der Waals surface area (Å²) in [5.74, 6) is -1.22. The Morgan fingerprint density at radius 1 is 1.20 bits per heavy atom. The number of rotatable bonds is 7. The fourth-order valence-electron chi connectivity index (χ4n) is 2.99. The number of aliphatic carboxylic acids is 1. The number of carboxylic acid groups (broad SMARTS) is 1. The van der Waals surface area contributed by atoms with Crippen LogP contribution in [0.2, 0.25) is 5.02 Å². The molecule has 0 fully saturated rings. The first-order chi connectivity index (χ1) is 11.8. The minimum Gasteiger partial charge on any atom is -0.481 e. The van der Waals surface area contributed by atoms with Gasteiger partial charge in [0.2, 0.25) is 0 Å². The van der Waals surface area contributed by atoms with Crippen LogP contribution in [0, 0.1) is 5.92 Å². The van der Waals surface area contributed by atoms with E-state index in [1.54, 1.807) is 36.4 Å². The predicted molar refractivity (Wildman–Crippen MR) is 92.4 cm³/mol. The molecule has 0 bridgehead atoms. The maximum absolute atomic E-state index is 12.4. The van der Waals surface area contributed by atoms with Crippen LogP contribution in [0.1, 0.15) is 25.0 Å². The third-order valence-electron chi connectivity index (χ3n) is 4.33. The van der Waals surface area contributed by atoms with Crippen LogP contribution >= 0.6 is 11.6 Å². The highest BCUT2D eigenvalue weighted by atomic mass is 35.5. The maximum Gasteiger partial charge on any atom is 0.387 e. The van der Waals surface area contributed by atoms with Crippen LogP contribution < -0.4 is 4.74 Å². The zero-order chi connectivity index (χ0) is 18.6. The van der Waals surface area contributed by atoms with Crippen molar-refractivity contribution in [3.63, 3.8) is 0 Å². The van der Waals surface area contributed by atoms with Gasteiger partial charge in [-0.3, -0.25) is 4.79 Å². The minimum absolute atomic E-state index is 0.00616. The summed E-state index contributed by atoms with van der Waals surface area (Å²) in [6.07, 6.45) is 0.141. The summed E-state index contributed by atoms with van der Waals surface area (Å²) in [7, 11) is 0. The molecule has 1 unspecified atom stereocenters. The monoisotopic (exact) mass is 368 g/mol. The van der Waals surface area contributed by atoms with Gasteiger partial charge in [0.05, 0.1) is 5.41 Å². The Bertz CT molecular complexity index is 732. The lowest BCUT2D eigenvalue weighted by atomic mass is 9.68. The van der Waals surface area contributed by atoms with Gasteiger partial charge in [-0.1, -0.05) is 49.7 Å². The smallest absolute Gasteiger partial charge is 0.387 e. The molecule has 0 aromatic heterocycles. The summed E-state index contributed by atoms with van der Waals surface area (Å²) in [5, 5.41) is 10.5. The van der Waals surface area contributed by atoms with E-state index < -0.39 is 18.0 Å². The maximum atomic E-state index is 12.4. The van der Waals surface area contributed by atoms with Crippen molar-refractivity contribution in [1.82, 2.24) is 0 Å². The van der Waals surface area contributed by atoms with Crippen molar-refractivity contribution in [3.05, 3.63) is 64.7 Å². The van der Waals surface area contributed by atoms with Crippen LogP contribution in [0.3, 0.4) is 0 Å². The number of carbonyl (C=O) groups is 1. The number of halogens is 3. The second-order valence-electron chi connectivity index (χ2n) is 6.14. The molecule has 134 valence electrons. The van der Waals surface area contributed by atoms with Gasteiger partial charge in [-0.2, -0.15) is 8.78 Å².